The van der Waals surface area contributed by atoms with E-state index in [1.165, 1.54) is 26.6 Å². The molecule has 84 valence electrons. The molecule has 0 saturated carbocycles. The van der Waals surface area contributed by atoms with Crippen molar-refractivity contribution in [2.24, 2.45) is 0 Å². The van der Waals surface area contributed by atoms with Crippen LogP contribution in [-0.2, 0) is 6.54 Å². The molecule has 2 heteroatoms. The summed E-state index contributed by atoms with van der Waals surface area (Å²) in [6.45, 7) is 7.38. The van der Waals surface area contributed by atoms with Crippen LogP contribution >= 0.6 is 11.3 Å². The molecular weight excluding hydrogens is 214 g/mol. The maximum absolute atomic E-state index is 3.49. The topological polar surface area (TPSA) is 12.0 Å². The maximum atomic E-state index is 3.49. The number of rotatable bonds is 3. The zero-order valence-electron chi connectivity index (χ0n) is 10.0. The average Bonchev–Trinajstić information content (AvgIpc) is 2.67. The minimum atomic E-state index is 0.919. The number of thiophene rings is 1. The van der Waals surface area contributed by atoms with Gasteiger partial charge in [0.25, 0.3) is 0 Å². The van der Waals surface area contributed by atoms with E-state index in [9.17, 15) is 0 Å². The molecule has 0 aliphatic heterocycles. The van der Waals surface area contributed by atoms with Crippen LogP contribution < -0.4 is 5.32 Å². The fraction of sp³-hybridized carbons (Fsp3) is 0.286. The first-order valence-electron chi connectivity index (χ1n) is 5.52. The molecule has 0 saturated heterocycles. The Morgan fingerprint density at radius 2 is 1.88 bits per heavy atom. The summed E-state index contributed by atoms with van der Waals surface area (Å²) < 4.78 is 0. The molecule has 0 bridgehead atoms. The van der Waals surface area contributed by atoms with Crippen molar-refractivity contribution < 1.29 is 0 Å². The summed E-state index contributed by atoms with van der Waals surface area (Å²) >= 11 is 1.85. The van der Waals surface area contributed by atoms with Crippen LogP contribution in [0, 0.1) is 20.8 Å². The van der Waals surface area contributed by atoms with Crippen LogP contribution in [0.3, 0.4) is 0 Å². The molecular formula is C14H17NS. The van der Waals surface area contributed by atoms with Crippen molar-refractivity contribution in [2.75, 3.05) is 5.32 Å². The highest BCUT2D eigenvalue weighted by Gasteiger charge is 2.01. The first-order valence-corrected chi connectivity index (χ1v) is 6.34. The van der Waals surface area contributed by atoms with Gasteiger partial charge in [-0.2, -0.15) is 0 Å². The lowest BCUT2D eigenvalue weighted by Gasteiger charge is -2.10. The largest absolute Gasteiger partial charge is 0.380 e. The summed E-state index contributed by atoms with van der Waals surface area (Å²) in [6.07, 6.45) is 0. The van der Waals surface area contributed by atoms with Crippen molar-refractivity contribution in [3.8, 4) is 0 Å². The third-order valence-corrected chi connectivity index (χ3v) is 3.85. The molecule has 16 heavy (non-hydrogen) atoms. The number of anilines is 1. The van der Waals surface area contributed by atoms with Gasteiger partial charge in [-0.05, 0) is 50.1 Å². The third-order valence-electron chi connectivity index (χ3n) is 2.85. The first kappa shape index (κ1) is 11.2. The molecule has 0 atom stereocenters. The second-order valence-corrected chi connectivity index (χ2v) is 5.49. The number of hydrogen-bond acceptors (Lipinski definition) is 2. The average molecular weight is 231 g/mol. The van der Waals surface area contributed by atoms with Gasteiger partial charge in [-0.1, -0.05) is 12.1 Å². The monoisotopic (exact) mass is 231 g/mol. The van der Waals surface area contributed by atoms with Crippen LogP contribution in [0.5, 0.6) is 0 Å². The predicted molar refractivity (Wildman–Crippen MR) is 72.3 cm³/mol. The minimum absolute atomic E-state index is 0.919. The Morgan fingerprint density at radius 1 is 1.06 bits per heavy atom. The smallest absolute Gasteiger partial charge is 0.0494 e. The number of hydrogen-bond donors (Lipinski definition) is 1. The van der Waals surface area contributed by atoms with Crippen LogP contribution in [0.2, 0.25) is 0 Å². The molecule has 0 aliphatic rings. The second-order valence-electron chi connectivity index (χ2n) is 4.11. The van der Waals surface area contributed by atoms with Crippen LogP contribution in [0.25, 0.3) is 0 Å². The van der Waals surface area contributed by atoms with E-state index >= 15 is 0 Å². The Balaban J connectivity index is 2.07. The molecule has 1 aromatic heterocycles. The number of aryl methyl sites for hydroxylation is 2. The highest BCUT2D eigenvalue weighted by molar-refractivity contribution is 7.11. The molecule has 0 fully saturated rings. The fourth-order valence-corrected chi connectivity index (χ4v) is 2.54. The molecule has 0 spiro atoms. The summed E-state index contributed by atoms with van der Waals surface area (Å²) in [5, 5.41) is 3.49. The quantitative estimate of drug-likeness (QED) is 0.831. The van der Waals surface area contributed by atoms with Crippen molar-refractivity contribution in [2.45, 2.75) is 27.3 Å². The van der Waals surface area contributed by atoms with Gasteiger partial charge in [0.2, 0.25) is 0 Å². The normalized spacial score (nSPS) is 10.4. The van der Waals surface area contributed by atoms with Gasteiger partial charge < -0.3 is 5.32 Å². The molecule has 1 heterocycles. The van der Waals surface area contributed by atoms with E-state index in [0.717, 1.165) is 6.54 Å². The van der Waals surface area contributed by atoms with Crippen LogP contribution in [0.15, 0.2) is 30.3 Å². The molecule has 0 aliphatic carbocycles. The summed E-state index contributed by atoms with van der Waals surface area (Å²) in [6, 6.07) is 10.8. The summed E-state index contributed by atoms with van der Waals surface area (Å²) in [7, 11) is 0. The lowest BCUT2D eigenvalue weighted by molar-refractivity contribution is 1.17. The Hall–Kier alpha value is -1.28. The maximum Gasteiger partial charge on any atom is 0.0494 e. The van der Waals surface area contributed by atoms with E-state index in [1.54, 1.807) is 0 Å². The van der Waals surface area contributed by atoms with Gasteiger partial charge >= 0.3 is 0 Å². The summed E-state index contributed by atoms with van der Waals surface area (Å²) in [4.78, 5) is 2.76. The molecule has 0 amide bonds. The fourth-order valence-electron chi connectivity index (χ4n) is 1.71. The predicted octanol–water partition coefficient (Wildman–Crippen LogP) is 4.29. The molecule has 2 rings (SSSR count). The van der Waals surface area contributed by atoms with Gasteiger partial charge in [-0.15, -0.1) is 11.3 Å². The minimum Gasteiger partial charge on any atom is -0.380 e. The van der Waals surface area contributed by atoms with E-state index in [0.29, 0.717) is 0 Å². The summed E-state index contributed by atoms with van der Waals surface area (Å²) in [5.74, 6) is 0. The van der Waals surface area contributed by atoms with E-state index in [1.807, 2.05) is 11.3 Å². The van der Waals surface area contributed by atoms with Crippen LogP contribution in [0.1, 0.15) is 20.9 Å². The van der Waals surface area contributed by atoms with Gasteiger partial charge in [0.1, 0.15) is 0 Å². The lowest BCUT2D eigenvalue weighted by Crippen LogP contribution is -2.00. The van der Waals surface area contributed by atoms with E-state index < -0.39 is 0 Å². The molecule has 1 aromatic carbocycles. The highest BCUT2D eigenvalue weighted by atomic mass is 32.1. The molecule has 0 radical (unpaired) electrons. The van der Waals surface area contributed by atoms with Crippen molar-refractivity contribution in [1.82, 2.24) is 0 Å². The van der Waals surface area contributed by atoms with E-state index in [4.69, 9.17) is 0 Å². The zero-order valence-corrected chi connectivity index (χ0v) is 10.8. The number of benzene rings is 1. The van der Waals surface area contributed by atoms with Gasteiger partial charge in [-0.3, -0.25) is 0 Å². The molecule has 2 aromatic rings. The molecule has 1 nitrogen and oxygen atoms in total. The van der Waals surface area contributed by atoms with Gasteiger partial charge in [0, 0.05) is 22.0 Å². The lowest BCUT2D eigenvalue weighted by atomic mass is 10.1. The standard InChI is InChI=1S/C14H17NS/c1-10-5-4-6-14(12(10)3)15-9-13-8-7-11(2)16-13/h4-8,15H,9H2,1-3H3. The zero-order chi connectivity index (χ0) is 11.5. The Kier molecular flexibility index (Phi) is 3.30. The first-order chi connectivity index (χ1) is 7.66. The Labute approximate surface area is 101 Å². The second kappa shape index (κ2) is 4.71. The van der Waals surface area contributed by atoms with E-state index in [-0.39, 0.29) is 0 Å². The number of nitrogens with one attached hydrogen (secondary N) is 1. The Bertz CT molecular complexity index is 485. The van der Waals surface area contributed by atoms with Crippen LogP contribution in [-0.4, -0.2) is 0 Å². The summed E-state index contributed by atoms with van der Waals surface area (Å²) in [5.41, 5.74) is 3.93. The molecule has 0 unspecified atom stereocenters. The van der Waals surface area contributed by atoms with Gasteiger partial charge in [0.05, 0.1) is 0 Å². The third kappa shape index (κ3) is 2.45. The molecule has 1 N–H and O–H groups in total. The Morgan fingerprint density at radius 3 is 2.56 bits per heavy atom. The van der Waals surface area contributed by atoms with Gasteiger partial charge in [0.15, 0.2) is 0 Å². The highest BCUT2D eigenvalue weighted by Crippen LogP contribution is 2.21. The van der Waals surface area contributed by atoms with Crippen molar-refractivity contribution in [1.29, 1.82) is 0 Å². The van der Waals surface area contributed by atoms with Gasteiger partial charge in [-0.25, -0.2) is 0 Å². The van der Waals surface area contributed by atoms with Crippen molar-refractivity contribution >= 4 is 17.0 Å². The SMILES string of the molecule is Cc1ccc(CNc2cccc(C)c2C)s1. The van der Waals surface area contributed by atoms with Crippen LogP contribution in [0.4, 0.5) is 5.69 Å². The van der Waals surface area contributed by atoms with Crippen molar-refractivity contribution in [3.63, 3.8) is 0 Å². The van der Waals surface area contributed by atoms with Crippen molar-refractivity contribution in [3.05, 3.63) is 51.2 Å². The van der Waals surface area contributed by atoms with E-state index in [2.05, 4.69) is 56.4 Å².